The third-order valence-corrected chi connectivity index (χ3v) is 9.53. The Morgan fingerprint density at radius 1 is 0.612 bits per heavy atom. The second-order valence-electron chi connectivity index (χ2n) is 12.8. The normalized spacial score (nSPS) is 9.91. The minimum absolute atomic E-state index is 0.0470. The number of carboxylic acids is 1. The van der Waals surface area contributed by atoms with E-state index in [9.17, 15) is 23.2 Å². The number of aromatic nitrogens is 3. The highest BCUT2D eigenvalue weighted by Gasteiger charge is 2.22. The van der Waals surface area contributed by atoms with Crippen LogP contribution in [0.1, 0.15) is 48.2 Å². The van der Waals surface area contributed by atoms with Crippen molar-refractivity contribution in [3.8, 4) is 40.5 Å². The van der Waals surface area contributed by atoms with E-state index in [0.717, 1.165) is 16.7 Å². The number of ether oxygens (including phenoxy) is 8. The monoisotopic (exact) mass is 1060 g/mol. The number of hydrogen-bond acceptors (Lipinski definition) is 15. The zero-order chi connectivity index (χ0) is 49.5. The Hall–Kier alpha value is -7.10. The lowest BCUT2D eigenvalue weighted by molar-refractivity contribution is 0.0586. The molecule has 3 heterocycles. The van der Waals surface area contributed by atoms with Crippen LogP contribution in [0.15, 0.2) is 106 Å². The fraction of sp³-hybridized carbons (Fsp3) is 0.217. The van der Waals surface area contributed by atoms with Gasteiger partial charge in [0, 0.05) is 25.2 Å². The predicted molar refractivity (Wildman–Crippen MR) is 248 cm³/mol. The zero-order valence-corrected chi connectivity index (χ0v) is 40.4. The highest BCUT2D eigenvalue weighted by Crippen LogP contribution is 2.35. The smallest absolute Gasteiger partial charge is 0.360 e. The molecule has 0 unspecified atom stereocenters. The summed E-state index contributed by atoms with van der Waals surface area (Å²) in [6.07, 6.45) is 0. The summed E-state index contributed by atoms with van der Waals surface area (Å²) in [7, 11) is 9.76. The van der Waals surface area contributed by atoms with Crippen molar-refractivity contribution < 1.29 is 66.2 Å². The van der Waals surface area contributed by atoms with Gasteiger partial charge >= 0.3 is 11.9 Å². The van der Waals surface area contributed by atoms with Crippen LogP contribution in [0.4, 0.5) is 8.78 Å². The first-order valence-corrected chi connectivity index (χ1v) is 20.9. The number of amides is 1. The first-order valence-electron chi connectivity index (χ1n) is 19.3. The Morgan fingerprint density at radius 3 is 1.58 bits per heavy atom. The third-order valence-electron chi connectivity index (χ3n) is 8.53. The molecule has 0 radical (unpaired) electrons. The molecular weight excluding hydrogens is 1010 g/mol. The van der Waals surface area contributed by atoms with Crippen molar-refractivity contribution in [2.75, 3.05) is 49.8 Å². The van der Waals surface area contributed by atoms with Gasteiger partial charge in [-0.1, -0.05) is 54.6 Å². The van der Waals surface area contributed by atoms with Crippen molar-refractivity contribution in [2.45, 2.75) is 19.7 Å². The molecule has 3 aromatic heterocycles. The Morgan fingerprint density at radius 2 is 1.12 bits per heavy atom. The number of nitrogens with one attached hydrogen (secondary N) is 1. The lowest BCUT2D eigenvalue weighted by Gasteiger charge is -2.13. The van der Waals surface area contributed by atoms with Gasteiger partial charge in [-0.2, -0.15) is 0 Å². The van der Waals surface area contributed by atoms with E-state index in [1.807, 2.05) is 30.3 Å². The number of carbonyl (C=O) groups is 3. The molecule has 0 aliphatic rings. The summed E-state index contributed by atoms with van der Waals surface area (Å²) < 4.78 is 66.8. The summed E-state index contributed by atoms with van der Waals surface area (Å²) in [5, 5.41) is 11.6. The van der Waals surface area contributed by atoms with Gasteiger partial charge < -0.3 is 54.1 Å². The molecule has 0 aliphatic heterocycles. The van der Waals surface area contributed by atoms with Crippen LogP contribution in [0.25, 0.3) is 0 Å². The molecule has 3 aromatic carbocycles. The maximum Gasteiger partial charge on any atom is 0.360 e. The minimum Gasteiger partial charge on any atom is -0.493 e. The molecule has 0 bridgehead atoms. The lowest BCUT2D eigenvalue weighted by Crippen LogP contribution is -2.24. The molecule has 21 heteroatoms. The quantitative estimate of drug-likeness (QED) is 0.0651. The van der Waals surface area contributed by atoms with Crippen LogP contribution in [-0.4, -0.2) is 87.7 Å². The standard InChI is InChI=1S/C16H17FN2O4.C14H11Br2NO3.C9H11NO5.C7H8FN/c1-21-12-8-13(22-2)19-14(15(12)23-3)16(20)18-9-10-4-6-11(17)7-5-10;1-19-14(18)12-13(10(15)7-11(16)17-12)20-8-9-5-3-2-4-6-9;1-13-5-4-6(14-2)10-7(9(11)12)8(5)15-3;8-7-3-1-6(5-9)2-4-7/h4-8H,9H2,1-3H3,(H,18,20);2-7H,8H2,1H3;4H,1-3H3,(H,11,12);1-4H,5,9H2. The summed E-state index contributed by atoms with van der Waals surface area (Å²) in [5.41, 5.74) is 7.92. The maximum absolute atomic E-state index is 12.9. The highest BCUT2D eigenvalue weighted by atomic mass is 79.9. The average Bonchev–Trinajstić information content (AvgIpc) is 3.35. The topological polar surface area (TPSA) is 222 Å². The summed E-state index contributed by atoms with van der Waals surface area (Å²) >= 11 is 6.60. The van der Waals surface area contributed by atoms with E-state index < -0.39 is 17.8 Å². The molecule has 356 valence electrons. The molecule has 0 saturated heterocycles. The summed E-state index contributed by atoms with van der Waals surface area (Å²) in [6, 6.07) is 26.4. The van der Waals surface area contributed by atoms with E-state index in [-0.39, 0.29) is 64.3 Å². The van der Waals surface area contributed by atoms with Crippen molar-refractivity contribution in [1.29, 1.82) is 0 Å². The van der Waals surface area contributed by atoms with E-state index in [0.29, 0.717) is 33.7 Å². The number of pyridine rings is 3. The van der Waals surface area contributed by atoms with Crippen molar-refractivity contribution in [2.24, 2.45) is 5.73 Å². The molecule has 1 amide bonds. The third kappa shape index (κ3) is 16.7. The van der Waals surface area contributed by atoms with E-state index in [1.165, 1.54) is 86.2 Å². The Bertz CT molecular complexity index is 2540. The van der Waals surface area contributed by atoms with Crippen molar-refractivity contribution in [1.82, 2.24) is 20.3 Å². The molecule has 4 N–H and O–H groups in total. The molecule has 17 nitrogen and oxygen atoms in total. The largest absolute Gasteiger partial charge is 0.493 e. The molecule has 67 heavy (non-hydrogen) atoms. The summed E-state index contributed by atoms with van der Waals surface area (Å²) in [4.78, 5) is 46.9. The number of aromatic carboxylic acids is 1. The lowest BCUT2D eigenvalue weighted by atomic mass is 10.2. The van der Waals surface area contributed by atoms with Gasteiger partial charge in [-0.15, -0.1) is 0 Å². The number of carbonyl (C=O) groups excluding carboxylic acids is 2. The Kier molecular flexibility index (Phi) is 22.7. The molecular formula is C46H47Br2F2N5O12. The predicted octanol–water partition coefficient (Wildman–Crippen LogP) is 8.24. The van der Waals surface area contributed by atoms with Gasteiger partial charge in [-0.25, -0.2) is 33.3 Å². The molecule has 0 spiro atoms. The zero-order valence-electron chi connectivity index (χ0n) is 37.2. The fourth-order valence-corrected chi connectivity index (χ4v) is 6.48. The van der Waals surface area contributed by atoms with Crippen LogP contribution < -0.4 is 44.2 Å². The van der Waals surface area contributed by atoms with Crippen LogP contribution in [0.5, 0.6) is 40.5 Å². The number of hydrogen-bond donors (Lipinski definition) is 3. The van der Waals surface area contributed by atoms with Crippen LogP contribution in [0, 0.1) is 11.6 Å². The number of nitrogens with two attached hydrogens (primary N) is 1. The summed E-state index contributed by atoms with van der Waals surface area (Å²) in [5.74, 6) is -1.11. The van der Waals surface area contributed by atoms with Gasteiger partial charge in [0.2, 0.25) is 11.8 Å². The summed E-state index contributed by atoms with van der Waals surface area (Å²) in [6.45, 7) is 1.04. The number of carboxylic acid groups (broad SMARTS) is 1. The molecule has 6 aromatic rings. The fourth-order valence-electron chi connectivity index (χ4n) is 5.24. The molecule has 6 rings (SSSR count). The van der Waals surface area contributed by atoms with Gasteiger partial charge in [-0.05, 0) is 78.9 Å². The van der Waals surface area contributed by atoms with Gasteiger partial charge in [0.1, 0.15) is 22.8 Å². The van der Waals surface area contributed by atoms with Gasteiger partial charge in [-0.3, -0.25) is 4.79 Å². The Balaban J connectivity index is 0.000000248. The number of halogens is 4. The second kappa shape index (κ2) is 28.1. The van der Waals surface area contributed by atoms with Crippen molar-refractivity contribution in [3.63, 3.8) is 0 Å². The van der Waals surface area contributed by atoms with Crippen LogP contribution in [-0.2, 0) is 24.4 Å². The molecule has 0 saturated carbocycles. The SMILES string of the molecule is COC(=O)c1nc(Br)cc(Br)c1OCc1ccccc1.COc1cc(OC)c(OC)c(C(=O)NCc2ccc(F)cc2)n1.COc1cc(OC)c(OC)c(C(=O)O)n1.NCc1ccc(F)cc1. The van der Waals surface area contributed by atoms with Crippen LogP contribution >= 0.6 is 31.9 Å². The molecule has 0 aliphatic carbocycles. The second-order valence-corrected chi connectivity index (χ2v) is 14.5. The number of benzene rings is 3. The first-order chi connectivity index (χ1) is 32.2. The maximum atomic E-state index is 12.9. The van der Waals surface area contributed by atoms with Crippen LogP contribution in [0.2, 0.25) is 0 Å². The van der Waals surface area contributed by atoms with E-state index in [1.54, 1.807) is 30.3 Å². The number of methoxy groups -OCH3 is 7. The van der Waals surface area contributed by atoms with Crippen molar-refractivity contribution >= 4 is 49.7 Å². The first kappa shape index (κ1) is 54.2. The van der Waals surface area contributed by atoms with E-state index in [4.69, 9.17) is 48.7 Å². The van der Waals surface area contributed by atoms with E-state index in [2.05, 4.69) is 52.1 Å². The molecule has 0 fully saturated rings. The molecule has 0 atom stereocenters. The van der Waals surface area contributed by atoms with Crippen LogP contribution in [0.3, 0.4) is 0 Å². The number of nitrogens with zero attached hydrogens (tertiary/aromatic N) is 3. The minimum atomic E-state index is -1.20. The average molecular weight is 1060 g/mol. The van der Waals surface area contributed by atoms with Gasteiger partial charge in [0.25, 0.3) is 5.91 Å². The number of rotatable bonds is 15. The van der Waals surface area contributed by atoms with Gasteiger partial charge in [0.15, 0.2) is 45.8 Å². The van der Waals surface area contributed by atoms with Gasteiger partial charge in [0.05, 0.1) is 54.2 Å². The number of esters is 1. The Labute approximate surface area is 401 Å². The van der Waals surface area contributed by atoms with Crippen molar-refractivity contribution in [3.05, 3.63) is 152 Å². The highest BCUT2D eigenvalue weighted by molar-refractivity contribution is 9.11. The van der Waals surface area contributed by atoms with E-state index >= 15 is 0 Å².